The van der Waals surface area contributed by atoms with E-state index in [1.54, 1.807) is 12.3 Å². The fourth-order valence-corrected chi connectivity index (χ4v) is 4.32. The number of halogens is 2. The number of fused-ring (bicyclic) bond motifs is 2. The molecule has 1 aromatic rings. The number of anilines is 1. The number of nitrogens with zero attached hydrogens (tertiary/aromatic N) is 3. The zero-order chi connectivity index (χ0) is 14.6. The van der Waals surface area contributed by atoms with Crippen LogP contribution in [0, 0.1) is 5.92 Å². The molecule has 4 aliphatic rings. The number of pyridine rings is 1. The van der Waals surface area contributed by atoms with Gasteiger partial charge in [-0.25, -0.2) is 4.98 Å². The number of rotatable bonds is 1. The summed E-state index contributed by atoms with van der Waals surface area (Å²) in [6, 6.07) is 1.68. The lowest BCUT2D eigenvalue weighted by Crippen LogP contribution is -2.61. The van der Waals surface area contributed by atoms with Gasteiger partial charge in [-0.05, 0) is 37.9 Å². The summed E-state index contributed by atoms with van der Waals surface area (Å²) in [6.07, 6.45) is 3.49. The van der Waals surface area contributed by atoms with E-state index in [9.17, 15) is 0 Å². The first-order valence-corrected chi connectivity index (χ1v) is 8.07. The predicted octanol–water partition coefficient (Wildman–Crippen LogP) is 1.93. The second kappa shape index (κ2) is 4.96. The molecule has 5 heterocycles. The molecule has 1 spiro atoms. The molecule has 0 amide bonds. The predicted molar refractivity (Wildman–Crippen MR) is 82.6 cm³/mol. The van der Waals surface area contributed by atoms with E-state index < -0.39 is 6.35 Å². The summed E-state index contributed by atoms with van der Waals surface area (Å²) in [5.74, 6) is 1.18. The van der Waals surface area contributed by atoms with Crippen molar-refractivity contribution in [3.05, 3.63) is 22.3 Å². The molecular weight excluding hydrogens is 311 g/mol. The molecule has 0 aliphatic carbocycles. The Labute approximate surface area is 133 Å². The maximum Gasteiger partial charge on any atom is 0.186 e. The van der Waals surface area contributed by atoms with Gasteiger partial charge in [0.05, 0.1) is 11.6 Å². The lowest BCUT2D eigenvalue weighted by Gasteiger charge is -2.50. The largest absolute Gasteiger partial charge is 0.335 e. The summed E-state index contributed by atoms with van der Waals surface area (Å²) in [5, 5.41) is 0.931. The minimum absolute atomic E-state index is 0.191. The van der Waals surface area contributed by atoms with E-state index in [0.717, 1.165) is 13.1 Å². The van der Waals surface area contributed by atoms with Gasteiger partial charge in [-0.3, -0.25) is 5.73 Å². The molecule has 114 valence electrons. The second-order valence-electron chi connectivity index (χ2n) is 6.18. The third-order valence-corrected chi connectivity index (χ3v) is 5.80. The summed E-state index contributed by atoms with van der Waals surface area (Å²) >= 11 is 12.4. The maximum absolute atomic E-state index is 6.29. The van der Waals surface area contributed by atoms with Crippen LogP contribution in [0.15, 0.2) is 12.3 Å². The van der Waals surface area contributed by atoms with E-state index in [0.29, 0.717) is 21.8 Å². The average molecular weight is 329 g/mol. The lowest BCUT2D eigenvalue weighted by atomic mass is 9.75. The first kappa shape index (κ1) is 14.0. The maximum atomic E-state index is 6.29. The van der Waals surface area contributed by atoms with E-state index in [2.05, 4.69) is 9.88 Å². The summed E-state index contributed by atoms with van der Waals surface area (Å²) in [5.41, 5.74) is 6.02. The summed E-state index contributed by atoms with van der Waals surface area (Å²) in [7, 11) is 0. The van der Waals surface area contributed by atoms with Crippen LogP contribution in [0.5, 0.6) is 0 Å². The van der Waals surface area contributed by atoms with Crippen molar-refractivity contribution in [2.24, 2.45) is 11.7 Å². The lowest BCUT2D eigenvalue weighted by molar-refractivity contribution is -0.137. The third-order valence-electron chi connectivity index (χ3n) is 5.02. The van der Waals surface area contributed by atoms with Crippen molar-refractivity contribution in [1.82, 2.24) is 9.88 Å². The number of hydrogen-bond acceptors (Lipinski definition) is 5. The van der Waals surface area contributed by atoms with E-state index in [4.69, 9.17) is 33.7 Å². The van der Waals surface area contributed by atoms with Crippen LogP contribution in [0.3, 0.4) is 0 Å². The summed E-state index contributed by atoms with van der Waals surface area (Å²) in [6.45, 7) is 4.00. The van der Waals surface area contributed by atoms with Gasteiger partial charge in [-0.1, -0.05) is 23.2 Å². The van der Waals surface area contributed by atoms with Crippen molar-refractivity contribution in [2.45, 2.75) is 24.8 Å². The second-order valence-corrected chi connectivity index (χ2v) is 6.97. The van der Waals surface area contributed by atoms with Crippen LogP contribution in [-0.4, -0.2) is 48.0 Å². The molecule has 0 saturated carbocycles. The molecular formula is C14H18Cl2N4O. The number of ether oxygens (including phenoxy) is 1. The molecule has 4 fully saturated rings. The van der Waals surface area contributed by atoms with Crippen LogP contribution in [0.25, 0.3) is 0 Å². The quantitative estimate of drug-likeness (QED) is 0.853. The molecule has 5 rings (SSSR count). The highest BCUT2D eigenvalue weighted by molar-refractivity contribution is 6.43. The molecule has 4 aliphatic heterocycles. The normalized spacial score (nSPS) is 38.4. The molecule has 2 N–H and O–H groups in total. The smallest absolute Gasteiger partial charge is 0.186 e. The van der Waals surface area contributed by atoms with E-state index >= 15 is 0 Å². The van der Waals surface area contributed by atoms with Crippen LogP contribution in [-0.2, 0) is 4.74 Å². The monoisotopic (exact) mass is 328 g/mol. The molecule has 21 heavy (non-hydrogen) atoms. The molecule has 0 aromatic carbocycles. The molecule has 2 unspecified atom stereocenters. The van der Waals surface area contributed by atoms with Gasteiger partial charge in [-0.15, -0.1) is 0 Å². The van der Waals surface area contributed by atoms with Crippen LogP contribution in [0.1, 0.15) is 12.8 Å². The average Bonchev–Trinajstić information content (AvgIpc) is 2.79. The summed E-state index contributed by atoms with van der Waals surface area (Å²) in [4.78, 5) is 8.75. The highest BCUT2D eigenvalue weighted by atomic mass is 35.5. The number of hydrogen-bond donors (Lipinski definition) is 1. The molecule has 2 atom stereocenters. The van der Waals surface area contributed by atoms with Gasteiger partial charge in [0.15, 0.2) is 12.2 Å². The van der Waals surface area contributed by atoms with E-state index in [1.165, 1.54) is 25.9 Å². The van der Waals surface area contributed by atoms with Gasteiger partial charge >= 0.3 is 0 Å². The van der Waals surface area contributed by atoms with Gasteiger partial charge in [-0.2, -0.15) is 0 Å². The Morgan fingerprint density at radius 3 is 2.71 bits per heavy atom. The molecule has 1 aromatic heterocycles. The van der Waals surface area contributed by atoms with Crippen molar-refractivity contribution < 1.29 is 4.74 Å². The van der Waals surface area contributed by atoms with Crippen molar-refractivity contribution in [3.63, 3.8) is 0 Å². The minimum atomic E-state index is -0.519. The van der Waals surface area contributed by atoms with Gasteiger partial charge in [0.2, 0.25) is 0 Å². The topological polar surface area (TPSA) is 54.6 Å². The Morgan fingerprint density at radius 1 is 1.29 bits per heavy atom. The third kappa shape index (κ3) is 2.14. The Balaban J connectivity index is 1.65. The Kier molecular flexibility index (Phi) is 3.32. The highest BCUT2D eigenvalue weighted by Gasteiger charge is 2.54. The zero-order valence-corrected chi connectivity index (χ0v) is 13.1. The van der Waals surface area contributed by atoms with Gasteiger partial charge in [0.1, 0.15) is 10.6 Å². The van der Waals surface area contributed by atoms with Gasteiger partial charge in [0.25, 0.3) is 0 Å². The Morgan fingerprint density at radius 2 is 2.05 bits per heavy atom. The Hall–Kier alpha value is -0.590. The van der Waals surface area contributed by atoms with Crippen molar-refractivity contribution in [1.29, 1.82) is 0 Å². The van der Waals surface area contributed by atoms with Crippen molar-refractivity contribution in [3.8, 4) is 0 Å². The van der Waals surface area contributed by atoms with Crippen molar-refractivity contribution in [2.75, 3.05) is 31.1 Å². The zero-order valence-electron chi connectivity index (χ0n) is 11.6. The minimum Gasteiger partial charge on any atom is -0.335 e. The molecule has 5 nitrogen and oxygen atoms in total. The molecule has 7 heteroatoms. The van der Waals surface area contributed by atoms with Crippen molar-refractivity contribution >= 4 is 29.0 Å². The SMILES string of the molecule is NC1OC2(CN3CCC2CC3)CN1c1nccc(Cl)c1Cl. The molecule has 0 radical (unpaired) electrons. The van der Waals surface area contributed by atoms with Gasteiger partial charge in [0, 0.05) is 12.7 Å². The van der Waals surface area contributed by atoms with Crippen LogP contribution < -0.4 is 10.6 Å². The van der Waals surface area contributed by atoms with Crippen LogP contribution >= 0.6 is 23.2 Å². The molecule has 2 bridgehead atoms. The number of piperidine rings is 3. The van der Waals surface area contributed by atoms with Gasteiger partial charge < -0.3 is 14.5 Å². The van der Waals surface area contributed by atoms with Crippen LogP contribution in [0.2, 0.25) is 10.0 Å². The molecule has 4 saturated heterocycles. The van der Waals surface area contributed by atoms with E-state index in [-0.39, 0.29) is 5.60 Å². The fourth-order valence-electron chi connectivity index (χ4n) is 3.96. The number of nitrogens with two attached hydrogens (primary N) is 1. The fraction of sp³-hybridized carbons (Fsp3) is 0.643. The number of aromatic nitrogens is 1. The standard InChI is InChI=1S/C14H18Cl2N4O/c15-10-1-4-18-12(11(10)16)20-8-14(21-13(20)17)7-19-5-2-9(14)3-6-19/h1,4,9,13H,2-3,5-8,17H2. The first-order chi connectivity index (χ1) is 10.1. The van der Waals surface area contributed by atoms with E-state index in [1.807, 2.05) is 4.90 Å². The first-order valence-electron chi connectivity index (χ1n) is 7.31. The Bertz CT molecular complexity index is 564. The van der Waals surface area contributed by atoms with Crippen LogP contribution in [0.4, 0.5) is 5.82 Å². The summed E-state index contributed by atoms with van der Waals surface area (Å²) < 4.78 is 6.21. The highest BCUT2D eigenvalue weighted by Crippen LogP contribution is 2.44.